The average Bonchev–Trinajstić information content (AvgIpc) is 2.35. The van der Waals surface area contributed by atoms with Crippen molar-refractivity contribution in [2.24, 2.45) is 5.92 Å². The van der Waals surface area contributed by atoms with Crippen LogP contribution >= 0.6 is 12.4 Å². The molecule has 2 heterocycles. The van der Waals surface area contributed by atoms with E-state index in [4.69, 9.17) is 0 Å². The number of likely N-dealkylation sites (tertiary alicyclic amines) is 1. The molecule has 0 aromatic carbocycles. The zero-order valence-electron chi connectivity index (χ0n) is 11.4. The molecule has 0 bridgehead atoms. The maximum Gasteiger partial charge on any atom is 0.0315 e. The fraction of sp³-hybridized carbons (Fsp3) is 0.643. The van der Waals surface area contributed by atoms with Gasteiger partial charge in [0.1, 0.15) is 0 Å². The summed E-state index contributed by atoms with van der Waals surface area (Å²) in [5, 5.41) is 3.28. The van der Waals surface area contributed by atoms with E-state index in [-0.39, 0.29) is 12.4 Å². The molecular formula is C14H24ClN3. The molecule has 1 aromatic rings. The summed E-state index contributed by atoms with van der Waals surface area (Å²) >= 11 is 0. The number of hydrogen-bond acceptors (Lipinski definition) is 3. The lowest BCUT2D eigenvalue weighted by Gasteiger charge is -2.32. The molecule has 1 saturated heterocycles. The molecule has 3 nitrogen and oxygen atoms in total. The summed E-state index contributed by atoms with van der Waals surface area (Å²) in [4.78, 5) is 6.77. The number of nitrogens with zero attached hydrogens (tertiary/aromatic N) is 2. The Morgan fingerprint density at radius 3 is 2.72 bits per heavy atom. The van der Waals surface area contributed by atoms with E-state index in [0.29, 0.717) is 0 Å². The van der Waals surface area contributed by atoms with Gasteiger partial charge in [0.25, 0.3) is 0 Å². The van der Waals surface area contributed by atoms with Gasteiger partial charge in [0, 0.05) is 18.9 Å². The Morgan fingerprint density at radius 1 is 1.39 bits per heavy atom. The first-order chi connectivity index (χ1) is 8.29. The molecule has 4 heteroatoms. The Hall–Kier alpha value is -0.640. The molecule has 1 aliphatic heterocycles. The number of aromatic nitrogens is 1. The molecule has 0 amide bonds. The smallest absolute Gasteiger partial charge is 0.0315 e. The maximum absolute atomic E-state index is 4.22. The second-order valence-electron chi connectivity index (χ2n) is 5.08. The Bertz CT molecular complexity index is 349. The van der Waals surface area contributed by atoms with Gasteiger partial charge in [-0.1, -0.05) is 0 Å². The summed E-state index contributed by atoms with van der Waals surface area (Å²) in [5.41, 5.74) is 2.73. The quantitative estimate of drug-likeness (QED) is 0.909. The van der Waals surface area contributed by atoms with Crippen molar-refractivity contribution in [2.45, 2.75) is 26.3 Å². The lowest BCUT2D eigenvalue weighted by Crippen LogP contribution is -2.36. The highest BCUT2D eigenvalue weighted by molar-refractivity contribution is 5.85. The van der Waals surface area contributed by atoms with Gasteiger partial charge in [0.05, 0.1) is 0 Å². The maximum atomic E-state index is 4.22. The zero-order valence-corrected chi connectivity index (χ0v) is 12.2. The highest BCUT2D eigenvalue weighted by Crippen LogP contribution is 2.19. The molecule has 1 aliphatic rings. The predicted molar refractivity (Wildman–Crippen MR) is 78.1 cm³/mol. The number of nitrogens with one attached hydrogen (secondary N) is 1. The van der Waals surface area contributed by atoms with Crippen LogP contribution in [0, 0.1) is 12.8 Å². The molecular weight excluding hydrogens is 246 g/mol. The highest BCUT2D eigenvalue weighted by Gasteiger charge is 2.18. The van der Waals surface area contributed by atoms with Crippen LogP contribution in [-0.2, 0) is 6.54 Å². The molecule has 18 heavy (non-hydrogen) atoms. The van der Waals surface area contributed by atoms with Crippen molar-refractivity contribution in [3.8, 4) is 0 Å². The molecule has 0 unspecified atom stereocenters. The lowest BCUT2D eigenvalue weighted by molar-refractivity contribution is 0.176. The summed E-state index contributed by atoms with van der Waals surface area (Å²) in [5.74, 6) is 0.867. The third-order valence-corrected chi connectivity index (χ3v) is 3.74. The van der Waals surface area contributed by atoms with E-state index in [1.54, 1.807) is 0 Å². The van der Waals surface area contributed by atoms with Crippen molar-refractivity contribution in [2.75, 3.05) is 26.7 Å². The second-order valence-corrected chi connectivity index (χ2v) is 5.08. The van der Waals surface area contributed by atoms with Crippen LogP contribution in [0.5, 0.6) is 0 Å². The van der Waals surface area contributed by atoms with Crippen molar-refractivity contribution >= 4 is 12.4 Å². The molecule has 102 valence electrons. The van der Waals surface area contributed by atoms with Gasteiger partial charge in [-0.05, 0) is 69.6 Å². The first-order valence-corrected chi connectivity index (χ1v) is 6.56. The number of pyridine rings is 1. The van der Waals surface area contributed by atoms with Gasteiger partial charge >= 0.3 is 0 Å². The predicted octanol–water partition coefficient (Wildman–Crippen LogP) is 2.24. The number of halogens is 1. The first kappa shape index (κ1) is 15.4. The summed E-state index contributed by atoms with van der Waals surface area (Å²) in [6, 6.07) is 2.10. The molecule has 0 spiro atoms. The summed E-state index contributed by atoms with van der Waals surface area (Å²) in [6.07, 6.45) is 6.52. The van der Waals surface area contributed by atoms with Crippen LogP contribution < -0.4 is 5.32 Å². The Labute approximate surface area is 116 Å². The normalized spacial score (nSPS) is 17.4. The van der Waals surface area contributed by atoms with Gasteiger partial charge in [-0.15, -0.1) is 12.4 Å². The van der Waals surface area contributed by atoms with Crippen LogP contribution in [0.25, 0.3) is 0 Å². The standard InChI is InChI=1S/C14H23N3.ClH/c1-12-3-6-16-10-14(12)11-17-7-4-13(5-8-17)9-15-2;/h3,6,10,13,15H,4-5,7-9,11H2,1-2H3;1H. The molecule has 0 radical (unpaired) electrons. The van der Waals surface area contributed by atoms with Crippen molar-refractivity contribution in [3.63, 3.8) is 0 Å². The lowest BCUT2D eigenvalue weighted by atomic mass is 9.96. The molecule has 1 fully saturated rings. The third-order valence-electron chi connectivity index (χ3n) is 3.74. The fourth-order valence-corrected chi connectivity index (χ4v) is 2.54. The van der Waals surface area contributed by atoms with Crippen LogP contribution in [0.1, 0.15) is 24.0 Å². The van der Waals surface area contributed by atoms with Gasteiger partial charge < -0.3 is 5.32 Å². The Balaban J connectivity index is 0.00000162. The van der Waals surface area contributed by atoms with E-state index in [1.165, 1.54) is 43.6 Å². The SMILES string of the molecule is CNCC1CCN(Cc2cnccc2C)CC1.Cl. The van der Waals surface area contributed by atoms with Crippen LogP contribution in [0.15, 0.2) is 18.5 Å². The Morgan fingerprint density at radius 2 is 2.11 bits per heavy atom. The van der Waals surface area contributed by atoms with Crippen molar-refractivity contribution in [1.82, 2.24) is 15.2 Å². The van der Waals surface area contributed by atoms with E-state index < -0.39 is 0 Å². The molecule has 2 rings (SSSR count). The molecule has 1 aromatic heterocycles. The minimum Gasteiger partial charge on any atom is -0.319 e. The zero-order chi connectivity index (χ0) is 12.1. The van der Waals surface area contributed by atoms with E-state index in [9.17, 15) is 0 Å². The van der Waals surface area contributed by atoms with E-state index in [1.807, 2.05) is 19.4 Å². The number of hydrogen-bond donors (Lipinski definition) is 1. The van der Waals surface area contributed by atoms with Gasteiger partial charge in [-0.25, -0.2) is 0 Å². The third kappa shape index (κ3) is 4.23. The van der Waals surface area contributed by atoms with Gasteiger partial charge in [0.15, 0.2) is 0 Å². The second kappa shape index (κ2) is 7.72. The summed E-state index contributed by atoms with van der Waals surface area (Å²) in [6.45, 7) is 6.85. The van der Waals surface area contributed by atoms with E-state index >= 15 is 0 Å². The van der Waals surface area contributed by atoms with Crippen molar-refractivity contribution in [1.29, 1.82) is 0 Å². The molecule has 1 N–H and O–H groups in total. The van der Waals surface area contributed by atoms with Crippen LogP contribution in [0.3, 0.4) is 0 Å². The molecule has 0 saturated carbocycles. The monoisotopic (exact) mass is 269 g/mol. The number of rotatable bonds is 4. The first-order valence-electron chi connectivity index (χ1n) is 6.56. The van der Waals surface area contributed by atoms with Crippen LogP contribution in [0.2, 0.25) is 0 Å². The van der Waals surface area contributed by atoms with Crippen LogP contribution in [0.4, 0.5) is 0 Å². The van der Waals surface area contributed by atoms with Crippen molar-refractivity contribution < 1.29 is 0 Å². The summed E-state index contributed by atoms with van der Waals surface area (Å²) in [7, 11) is 2.05. The fourth-order valence-electron chi connectivity index (χ4n) is 2.54. The Kier molecular flexibility index (Phi) is 6.61. The van der Waals surface area contributed by atoms with Gasteiger partial charge in [0.2, 0.25) is 0 Å². The average molecular weight is 270 g/mol. The minimum absolute atomic E-state index is 0. The van der Waals surface area contributed by atoms with Gasteiger partial charge in [-0.3, -0.25) is 9.88 Å². The largest absolute Gasteiger partial charge is 0.319 e. The van der Waals surface area contributed by atoms with E-state index in [2.05, 4.69) is 28.2 Å². The summed E-state index contributed by atoms with van der Waals surface area (Å²) < 4.78 is 0. The van der Waals surface area contributed by atoms with E-state index in [0.717, 1.165) is 12.5 Å². The number of aryl methyl sites for hydroxylation is 1. The van der Waals surface area contributed by atoms with Gasteiger partial charge in [-0.2, -0.15) is 0 Å². The van der Waals surface area contributed by atoms with Crippen LogP contribution in [-0.4, -0.2) is 36.6 Å². The highest BCUT2D eigenvalue weighted by atomic mass is 35.5. The molecule has 0 aliphatic carbocycles. The number of piperidine rings is 1. The molecule has 0 atom stereocenters. The minimum atomic E-state index is 0. The van der Waals surface area contributed by atoms with Crippen molar-refractivity contribution in [3.05, 3.63) is 29.6 Å². The topological polar surface area (TPSA) is 28.2 Å².